The molecule has 0 radical (unpaired) electrons. The van der Waals surface area contributed by atoms with Crippen LogP contribution in [0.5, 0.6) is 0 Å². The lowest BCUT2D eigenvalue weighted by Crippen LogP contribution is -2.38. The summed E-state index contributed by atoms with van der Waals surface area (Å²) in [6, 6.07) is 4.57. The van der Waals surface area contributed by atoms with Crippen LogP contribution in [0.15, 0.2) is 22.7 Å². The van der Waals surface area contributed by atoms with E-state index in [-0.39, 0.29) is 16.6 Å². The minimum atomic E-state index is -0.724. The Balaban J connectivity index is 2.23. The van der Waals surface area contributed by atoms with Gasteiger partial charge in [-0.15, -0.1) is 0 Å². The molecule has 2 amide bonds. The highest BCUT2D eigenvalue weighted by molar-refractivity contribution is 9.10. The second-order valence-electron chi connectivity index (χ2n) is 5.00. The number of likely N-dealkylation sites (tertiary alicyclic amines) is 1. The van der Waals surface area contributed by atoms with Crippen molar-refractivity contribution in [3.05, 3.63) is 34.1 Å². The first kappa shape index (κ1) is 14.0. The lowest BCUT2D eigenvalue weighted by atomic mass is 9.89. The van der Waals surface area contributed by atoms with Gasteiger partial charge in [0.15, 0.2) is 0 Å². The molecule has 1 heterocycles. The minimum absolute atomic E-state index is 0.00287. The number of hydrogen-bond acceptors (Lipinski definition) is 2. The Morgan fingerprint density at radius 2 is 2.16 bits per heavy atom. The summed E-state index contributed by atoms with van der Waals surface area (Å²) < 4.78 is 14.1. The van der Waals surface area contributed by atoms with Crippen molar-refractivity contribution in [2.45, 2.75) is 13.3 Å². The number of amides is 2. The molecule has 1 atom stereocenters. The van der Waals surface area contributed by atoms with Crippen molar-refractivity contribution in [3.63, 3.8) is 0 Å². The van der Waals surface area contributed by atoms with Gasteiger partial charge in [-0.25, -0.2) is 4.39 Å². The van der Waals surface area contributed by atoms with Gasteiger partial charge < -0.3 is 10.6 Å². The van der Waals surface area contributed by atoms with Gasteiger partial charge in [0.05, 0.1) is 15.5 Å². The van der Waals surface area contributed by atoms with E-state index in [9.17, 15) is 14.0 Å². The molecule has 0 bridgehead atoms. The molecule has 0 aliphatic carbocycles. The van der Waals surface area contributed by atoms with Gasteiger partial charge in [0, 0.05) is 13.1 Å². The summed E-state index contributed by atoms with van der Waals surface area (Å²) in [6.45, 7) is 2.36. The normalized spacial score (nSPS) is 22.6. The van der Waals surface area contributed by atoms with E-state index in [4.69, 9.17) is 5.73 Å². The van der Waals surface area contributed by atoms with Gasteiger partial charge in [-0.1, -0.05) is 6.07 Å². The summed E-state index contributed by atoms with van der Waals surface area (Å²) in [5.41, 5.74) is 4.61. The molecule has 102 valence electrons. The Kier molecular flexibility index (Phi) is 3.62. The zero-order valence-electron chi connectivity index (χ0n) is 10.5. The SMILES string of the molecule is CC1(C(N)=O)CCN(C(=O)c2cccc(Br)c2F)C1. The number of nitrogens with two attached hydrogens (primary N) is 1. The number of rotatable bonds is 2. The Labute approximate surface area is 118 Å². The van der Waals surface area contributed by atoms with E-state index in [2.05, 4.69) is 15.9 Å². The third-order valence-electron chi connectivity index (χ3n) is 3.54. The zero-order chi connectivity index (χ0) is 14.2. The fraction of sp³-hybridized carbons (Fsp3) is 0.385. The van der Waals surface area contributed by atoms with Gasteiger partial charge >= 0.3 is 0 Å². The number of benzene rings is 1. The standard InChI is InChI=1S/C13H14BrFN2O2/c1-13(12(16)19)5-6-17(7-13)11(18)8-3-2-4-9(14)10(8)15/h2-4H,5-7H2,1H3,(H2,16,19). The van der Waals surface area contributed by atoms with Crippen LogP contribution in [0.25, 0.3) is 0 Å². The highest BCUT2D eigenvalue weighted by atomic mass is 79.9. The molecule has 1 aliphatic rings. The number of carbonyl (C=O) groups excluding carboxylic acids is 2. The molecule has 6 heteroatoms. The van der Waals surface area contributed by atoms with Crippen LogP contribution < -0.4 is 5.73 Å². The van der Waals surface area contributed by atoms with Gasteiger partial charge in [-0.05, 0) is 41.4 Å². The first-order valence-corrected chi connectivity index (χ1v) is 6.68. The molecule has 0 aromatic heterocycles. The molecule has 2 rings (SSSR count). The second kappa shape index (κ2) is 4.92. The second-order valence-corrected chi connectivity index (χ2v) is 5.86. The maximum atomic E-state index is 13.9. The van der Waals surface area contributed by atoms with Crippen LogP contribution in [-0.4, -0.2) is 29.8 Å². The molecule has 1 aromatic carbocycles. The molecule has 19 heavy (non-hydrogen) atoms. The van der Waals surface area contributed by atoms with Crippen LogP contribution in [-0.2, 0) is 4.79 Å². The third-order valence-corrected chi connectivity index (χ3v) is 4.15. The Hall–Kier alpha value is -1.43. The topological polar surface area (TPSA) is 63.4 Å². The molecule has 4 nitrogen and oxygen atoms in total. The smallest absolute Gasteiger partial charge is 0.256 e. The van der Waals surface area contributed by atoms with Gasteiger partial charge in [-0.3, -0.25) is 9.59 Å². The molecule has 1 saturated heterocycles. The average Bonchev–Trinajstić information content (AvgIpc) is 2.76. The van der Waals surface area contributed by atoms with Gasteiger partial charge in [-0.2, -0.15) is 0 Å². The number of primary amides is 1. The lowest BCUT2D eigenvalue weighted by molar-refractivity contribution is -0.126. The van der Waals surface area contributed by atoms with E-state index in [1.54, 1.807) is 13.0 Å². The van der Waals surface area contributed by atoms with Crippen LogP contribution in [0, 0.1) is 11.2 Å². The average molecular weight is 329 g/mol. The van der Waals surface area contributed by atoms with E-state index in [1.807, 2.05) is 0 Å². The first-order valence-electron chi connectivity index (χ1n) is 5.88. The first-order chi connectivity index (χ1) is 8.85. The summed E-state index contributed by atoms with van der Waals surface area (Å²) in [5.74, 6) is -1.43. The summed E-state index contributed by atoms with van der Waals surface area (Å²) in [4.78, 5) is 25.1. The van der Waals surface area contributed by atoms with Crippen molar-refractivity contribution in [1.82, 2.24) is 4.90 Å². The number of nitrogens with zero attached hydrogens (tertiary/aromatic N) is 1. The summed E-state index contributed by atoms with van der Waals surface area (Å²) in [5, 5.41) is 0. The summed E-state index contributed by atoms with van der Waals surface area (Å²) >= 11 is 3.05. The zero-order valence-corrected chi connectivity index (χ0v) is 12.0. The largest absolute Gasteiger partial charge is 0.369 e. The molecule has 0 saturated carbocycles. The van der Waals surface area contributed by atoms with Gasteiger partial charge in [0.2, 0.25) is 5.91 Å². The predicted octanol–water partition coefficient (Wildman–Crippen LogP) is 1.93. The quantitative estimate of drug-likeness (QED) is 0.901. The maximum Gasteiger partial charge on any atom is 0.256 e. The molecule has 0 spiro atoms. The van der Waals surface area contributed by atoms with Gasteiger partial charge in [0.1, 0.15) is 5.82 Å². The van der Waals surface area contributed by atoms with Crippen molar-refractivity contribution in [2.24, 2.45) is 11.1 Å². The molecule has 1 fully saturated rings. The van der Waals surface area contributed by atoms with E-state index < -0.39 is 23.0 Å². The molecule has 1 aromatic rings. The van der Waals surface area contributed by atoms with Crippen LogP contribution in [0.4, 0.5) is 4.39 Å². The van der Waals surface area contributed by atoms with Crippen molar-refractivity contribution in [1.29, 1.82) is 0 Å². The van der Waals surface area contributed by atoms with Crippen molar-refractivity contribution < 1.29 is 14.0 Å². The number of halogens is 2. The minimum Gasteiger partial charge on any atom is -0.369 e. The molecular weight excluding hydrogens is 315 g/mol. The number of carbonyl (C=O) groups is 2. The molecule has 2 N–H and O–H groups in total. The van der Waals surface area contributed by atoms with Crippen LogP contribution >= 0.6 is 15.9 Å². The highest BCUT2D eigenvalue weighted by Gasteiger charge is 2.41. The summed E-state index contributed by atoms with van der Waals surface area (Å²) in [7, 11) is 0. The lowest BCUT2D eigenvalue weighted by Gasteiger charge is -2.21. The monoisotopic (exact) mass is 328 g/mol. The predicted molar refractivity (Wildman–Crippen MR) is 71.9 cm³/mol. The van der Waals surface area contributed by atoms with Crippen LogP contribution in [0.3, 0.4) is 0 Å². The highest BCUT2D eigenvalue weighted by Crippen LogP contribution is 2.31. The van der Waals surface area contributed by atoms with Crippen LogP contribution in [0.1, 0.15) is 23.7 Å². The van der Waals surface area contributed by atoms with E-state index in [0.717, 1.165) is 0 Å². The maximum absolute atomic E-state index is 13.9. The van der Waals surface area contributed by atoms with Crippen molar-refractivity contribution in [3.8, 4) is 0 Å². The fourth-order valence-electron chi connectivity index (χ4n) is 2.17. The Morgan fingerprint density at radius 1 is 1.47 bits per heavy atom. The Morgan fingerprint density at radius 3 is 2.74 bits per heavy atom. The number of hydrogen-bond donors (Lipinski definition) is 1. The third kappa shape index (κ3) is 2.49. The fourth-order valence-corrected chi connectivity index (χ4v) is 2.54. The van der Waals surface area contributed by atoms with Crippen LogP contribution in [0.2, 0.25) is 0 Å². The van der Waals surface area contributed by atoms with E-state index in [0.29, 0.717) is 13.0 Å². The van der Waals surface area contributed by atoms with Gasteiger partial charge in [0.25, 0.3) is 5.91 Å². The van der Waals surface area contributed by atoms with Crippen molar-refractivity contribution >= 4 is 27.7 Å². The van der Waals surface area contributed by atoms with E-state index >= 15 is 0 Å². The molecule has 1 aliphatic heterocycles. The van der Waals surface area contributed by atoms with Crippen molar-refractivity contribution in [2.75, 3.05) is 13.1 Å². The molecular formula is C13H14BrFN2O2. The summed E-state index contributed by atoms with van der Waals surface area (Å²) in [6.07, 6.45) is 0.504. The molecule has 1 unspecified atom stereocenters. The van der Waals surface area contributed by atoms with E-state index in [1.165, 1.54) is 17.0 Å². The Bertz CT molecular complexity index is 549.